The molecule has 0 saturated heterocycles. The molecule has 0 bridgehead atoms. The molecule has 2 saturated carbocycles. The Kier molecular flexibility index (Phi) is 4.29. The van der Waals surface area contributed by atoms with E-state index < -0.39 is 0 Å². The van der Waals surface area contributed by atoms with Crippen LogP contribution in [0.15, 0.2) is 49.6 Å². The second-order valence-corrected chi connectivity index (χ2v) is 7.15. The van der Waals surface area contributed by atoms with Crippen molar-refractivity contribution in [2.24, 2.45) is 35.5 Å². The Bertz CT molecular complexity index is 362. The van der Waals surface area contributed by atoms with E-state index >= 15 is 0 Å². The molecule has 2 fully saturated rings. The van der Waals surface area contributed by atoms with Crippen molar-refractivity contribution in [3.8, 4) is 0 Å². The maximum atomic E-state index is 4.00. The van der Waals surface area contributed by atoms with E-state index in [1.807, 2.05) is 0 Å². The zero-order chi connectivity index (χ0) is 13.9. The molecule has 0 spiro atoms. The van der Waals surface area contributed by atoms with Gasteiger partial charge in [-0.2, -0.15) is 0 Å². The summed E-state index contributed by atoms with van der Waals surface area (Å²) in [4.78, 5) is 0. The average Bonchev–Trinajstić information content (AvgIpc) is 3.07. The average molecular weight is 268 g/mol. The first kappa shape index (κ1) is 13.9. The lowest BCUT2D eigenvalue weighted by Crippen LogP contribution is -2.03. The molecule has 3 rings (SSSR count). The highest BCUT2D eigenvalue weighted by molar-refractivity contribution is 5.16. The van der Waals surface area contributed by atoms with Gasteiger partial charge in [-0.3, -0.25) is 0 Å². The Morgan fingerprint density at radius 1 is 0.750 bits per heavy atom. The SMILES string of the molecule is C=CC1CC(CCC2CC3C=CC=CC3C2)CC1C=C. The van der Waals surface area contributed by atoms with E-state index in [4.69, 9.17) is 0 Å². The van der Waals surface area contributed by atoms with E-state index in [1.165, 1.54) is 38.5 Å². The number of hydrogen-bond donors (Lipinski definition) is 0. The van der Waals surface area contributed by atoms with Crippen LogP contribution in [0.3, 0.4) is 0 Å². The first-order valence-electron chi connectivity index (χ1n) is 8.40. The summed E-state index contributed by atoms with van der Waals surface area (Å²) >= 11 is 0. The molecule has 0 heterocycles. The van der Waals surface area contributed by atoms with Gasteiger partial charge < -0.3 is 0 Å². The Hall–Kier alpha value is -1.04. The van der Waals surface area contributed by atoms with Crippen molar-refractivity contribution < 1.29 is 0 Å². The maximum Gasteiger partial charge on any atom is -0.0165 e. The van der Waals surface area contributed by atoms with Gasteiger partial charge in [-0.15, -0.1) is 13.2 Å². The highest BCUT2D eigenvalue weighted by Gasteiger charge is 2.34. The third kappa shape index (κ3) is 2.85. The van der Waals surface area contributed by atoms with Gasteiger partial charge in [-0.25, -0.2) is 0 Å². The molecule has 20 heavy (non-hydrogen) atoms. The van der Waals surface area contributed by atoms with Crippen molar-refractivity contribution >= 4 is 0 Å². The summed E-state index contributed by atoms with van der Waals surface area (Å²) in [5.41, 5.74) is 0. The standard InChI is InChI=1S/C20H28/c1-3-17-11-15(12-18(17)4-2)9-10-16-13-19-7-5-6-8-20(19)14-16/h3-8,15-20H,1-2,9-14H2. The molecule has 4 atom stereocenters. The second kappa shape index (κ2) is 6.16. The summed E-state index contributed by atoms with van der Waals surface area (Å²) in [5.74, 6) is 4.94. The van der Waals surface area contributed by atoms with Gasteiger partial charge in [0.1, 0.15) is 0 Å². The van der Waals surface area contributed by atoms with Gasteiger partial charge in [0.15, 0.2) is 0 Å². The zero-order valence-corrected chi connectivity index (χ0v) is 12.6. The summed E-state index contributed by atoms with van der Waals surface area (Å²) < 4.78 is 0. The largest absolute Gasteiger partial charge is 0.103 e. The molecule has 108 valence electrons. The molecule has 0 aromatic carbocycles. The van der Waals surface area contributed by atoms with Crippen LogP contribution in [0.4, 0.5) is 0 Å². The minimum absolute atomic E-state index is 0.689. The van der Waals surface area contributed by atoms with Crippen molar-refractivity contribution in [2.75, 3.05) is 0 Å². The lowest BCUT2D eigenvalue weighted by Gasteiger charge is -2.13. The van der Waals surface area contributed by atoms with Crippen molar-refractivity contribution in [2.45, 2.75) is 38.5 Å². The van der Waals surface area contributed by atoms with Crippen LogP contribution >= 0.6 is 0 Å². The van der Waals surface area contributed by atoms with Gasteiger partial charge in [0.2, 0.25) is 0 Å². The number of allylic oxidation sites excluding steroid dienone is 6. The molecule has 0 aromatic heterocycles. The molecule has 0 N–H and O–H groups in total. The van der Waals surface area contributed by atoms with E-state index in [0.29, 0.717) is 11.8 Å². The van der Waals surface area contributed by atoms with Crippen LogP contribution in [0.25, 0.3) is 0 Å². The van der Waals surface area contributed by atoms with E-state index in [0.717, 1.165) is 23.7 Å². The fourth-order valence-electron chi connectivity index (χ4n) is 4.77. The summed E-state index contributed by atoms with van der Waals surface area (Å²) in [6.07, 6.45) is 22.1. The molecule has 0 heteroatoms. The Labute approximate surface area is 124 Å². The minimum Gasteiger partial charge on any atom is -0.103 e. The maximum absolute atomic E-state index is 4.00. The van der Waals surface area contributed by atoms with Gasteiger partial charge in [-0.05, 0) is 61.2 Å². The first-order chi connectivity index (χ1) is 9.80. The fraction of sp³-hybridized carbons (Fsp3) is 0.600. The molecule has 0 aromatic rings. The fourth-order valence-corrected chi connectivity index (χ4v) is 4.77. The first-order valence-corrected chi connectivity index (χ1v) is 8.40. The normalized spacial score (nSPS) is 42.6. The molecule has 0 nitrogen and oxygen atoms in total. The van der Waals surface area contributed by atoms with Gasteiger partial charge in [-0.1, -0.05) is 49.3 Å². The van der Waals surface area contributed by atoms with Crippen molar-refractivity contribution in [3.63, 3.8) is 0 Å². The molecule has 0 aliphatic heterocycles. The van der Waals surface area contributed by atoms with Crippen molar-refractivity contribution in [3.05, 3.63) is 49.6 Å². The molecule has 3 aliphatic carbocycles. The van der Waals surface area contributed by atoms with Gasteiger partial charge in [0, 0.05) is 0 Å². The Balaban J connectivity index is 1.47. The quantitative estimate of drug-likeness (QED) is 0.573. The summed E-state index contributed by atoms with van der Waals surface area (Å²) in [5, 5.41) is 0. The van der Waals surface area contributed by atoms with Crippen molar-refractivity contribution in [1.82, 2.24) is 0 Å². The molecule has 0 amide bonds. The van der Waals surface area contributed by atoms with E-state index in [-0.39, 0.29) is 0 Å². The van der Waals surface area contributed by atoms with Crippen LogP contribution in [-0.4, -0.2) is 0 Å². The molecule has 0 radical (unpaired) electrons. The van der Waals surface area contributed by atoms with Crippen LogP contribution in [-0.2, 0) is 0 Å². The van der Waals surface area contributed by atoms with Crippen LogP contribution in [0, 0.1) is 35.5 Å². The molecular formula is C20H28. The monoisotopic (exact) mass is 268 g/mol. The smallest absolute Gasteiger partial charge is 0.0165 e. The van der Waals surface area contributed by atoms with Gasteiger partial charge in [0.25, 0.3) is 0 Å². The van der Waals surface area contributed by atoms with E-state index in [2.05, 4.69) is 49.6 Å². The zero-order valence-electron chi connectivity index (χ0n) is 12.6. The topological polar surface area (TPSA) is 0 Å². The summed E-state index contributed by atoms with van der Waals surface area (Å²) in [6, 6.07) is 0. The Morgan fingerprint density at radius 2 is 1.20 bits per heavy atom. The van der Waals surface area contributed by atoms with Crippen LogP contribution < -0.4 is 0 Å². The van der Waals surface area contributed by atoms with Crippen LogP contribution in [0.2, 0.25) is 0 Å². The lowest BCUT2D eigenvalue weighted by atomic mass is 9.92. The van der Waals surface area contributed by atoms with Gasteiger partial charge >= 0.3 is 0 Å². The third-order valence-electron chi connectivity index (χ3n) is 5.94. The molecule has 4 unspecified atom stereocenters. The summed E-state index contributed by atoms with van der Waals surface area (Å²) in [7, 11) is 0. The minimum atomic E-state index is 0.689. The predicted molar refractivity (Wildman–Crippen MR) is 87.3 cm³/mol. The highest BCUT2D eigenvalue weighted by atomic mass is 14.4. The van der Waals surface area contributed by atoms with Gasteiger partial charge in [0.05, 0.1) is 0 Å². The molecular weight excluding hydrogens is 240 g/mol. The number of hydrogen-bond acceptors (Lipinski definition) is 0. The summed E-state index contributed by atoms with van der Waals surface area (Å²) in [6.45, 7) is 8.00. The highest BCUT2D eigenvalue weighted by Crippen LogP contribution is 2.45. The Morgan fingerprint density at radius 3 is 1.65 bits per heavy atom. The number of rotatable bonds is 5. The van der Waals surface area contributed by atoms with E-state index in [1.54, 1.807) is 0 Å². The van der Waals surface area contributed by atoms with Crippen molar-refractivity contribution in [1.29, 1.82) is 0 Å². The van der Waals surface area contributed by atoms with Crippen LogP contribution in [0.5, 0.6) is 0 Å². The van der Waals surface area contributed by atoms with Crippen LogP contribution in [0.1, 0.15) is 38.5 Å². The van der Waals surface area contributed by atoms with E-state index in [9.17, 15) is 0 Å². The molecule has 3 aliphatic rings. The second-order valence-electron chi connectivity index (χ2n) is 7.15. The lowest BCUT2D eigenvalue weighted by molar-refractivity contribution is 0.390. The predicted octanol–water partition coefficient (Wildman–Crippen LogP) is 5.55. The third-order valence-corrected chi connectivity index (χ3v) is 5.94. The number of fused-ring (bicyclic) bond motifs is 1.